The van der Waals surface area contributed by atoms with E-state index >= 15 is 0 Å². The lowest BCUT2D eigenvalue weighted by Gasteiger charge is -2.13. The zero-order valence-electron chi connectivity index (χ0n) is 15.7. The molecule has 1 aliphatic rings. The van der Waals surface area contributed by atoms with Crippen LogP contribution in [0.5, 0.6) is 0 Å². The maximum absolute atomic E-state index is 10.2. The van der Waals surface area contributed by atoms with Gasteiger partial charge in [-0.2, -0.15) is 0 Å². The molecule has 0 aromatic heterocycles. The summed E-state index contributed by atoms with van der Waals surface area (Å²) in [5.41, 5.74) is 4.76. The molecule has 0 bridgehead atoms. The molecule has 0 spiro atoms. The summed E-state index contributed by atoms with van der Waals surface area (Å²) in [6, 6.07) is 28.2. The summed E-state index contributed by atoms with van der Waals surface area (Å²) in [6.45, 7) is 0.958. The third-order valence-electron chi connectivity index (χ3n) is 4.88. The van der Waals surface area contributed by atoms with Gasteiger partial charge in [-0.1, -0.05) is 84.9 Å². The maximum Gasteiger partial charge on any atom is 0.337 e. The van der Waals surface area contributed by atoms with E-state index in [9.17, 15) is 4.79 Å². The van der Waals surface area contributed by atoms with Gasteiger partial charge in [0.2, 0.25) is 0 Å². The number of hydrogen-bond donors (Lipinski definition) is 3. The Morgan fingerprint density at radius 3 is 2.21 bits per heavy atom. The minimum Gasteiger partial charge on any atom is -0.479 e. The first kappa shape index (κ1) is 19.8. The minimum atomic E-state index is -1.41. The van der Waals surface area contributed by atoms with Crippen molar-refractivity contribution in [3.63, 3.8) is 0 Å². The van der Waals surface area contributed by atoms with Crippen LogP contribution in [-0.4, -0.2) is 16.2 Å². The van der Waals surface area contributed by atoms with E-state index in [0.29, 0.717) is 11.6 Å². The molecule has 0 saturated heterocycles. The van der Waals surface area contributed by atoms with Gasteiger partial charge in [-0.25, -0.2) is 4.79 Å². The third kappa shape index (κ3) is 5.28. The summed E-state index contributed by atoms with van der Waals surface area (Å²) in [5, 5.41) is 21.0. The second-order valence-corrected chi connectivity index (χ2v) is 6.81. The first-order chi connectivity index (χ1) is 13.6. The molecule has 4 rings (SSSR count). The lowest BCUT2D eigenvalue weighted by atomic mass is 10.1. The number of carboxylic acid groups (broad SMARTS) is 1. The molecule has 144 valence electrons. The number of fused-ring (bicyclic) bond motifs is 1. The number of benzene rings is 3. The highest BCUT2D eigenvalue weighted by Gasteiger charge is 2.20. The summed E-state index contributed by atoms with van der Waals surface area (Å²) in [7, 11) is 0. The molecule has 28 heavy (non-hydrogen) atoms. The van der Waals surface area contributed by atoms with Crippen LogP contribution in [0.3, 0.4) is 0 Å². The lowest BCUT2D eigenvalue weighted by molar-refractivity contribution is -0.146. The molecule has 0 radical (unpaired) electrons. The van der Waals surface area contributed by atoms with Gasteiger partial charge in [0.15, 0.2) is 6.10 Å². The molecule has 0 saturated carbocycles. The Bertz CT molecular complexity index is 881. The summed E-state index contributed by atoms with van der Waals surface area (Å²) >= 11 is 0. The molecule has 3 N–H and O–H groups in total. The Balaban J connectivity index is 0.000000178. The van der Waals surface area contributed by atoms with Crippen LogP contribution in [0.4, 0.5) is 0 Å². The topological polar surface area (TPSA) is 69.6 Å². The molecule has 2 atom stereocenters. The van der Waals surface area contributed by atoms with Gasteiger partial charge in [0.05, 0.1) is 0 Å². The monoisotopic (exact) mass is 375 g/mol. The average Bonchev–Trinajstić information content (AvgIpc) is 3.17. The molecule has 0 fully saturated rings. The van der Waals surface area contributed by atoms with Crippen molar-refractivity contribution in [1.82, 2.24) is 5.32 Å². The van der Waals surface area contributed by atoms with E-state index in [1.807, 2.05) is 0 Å². The highest BCUT2D eigenvalue weighted by molar-refractivity contribution is 5.73. The Morgan fingerprint density at radius 2 is 1.54 bits per heavy atom. The maximum atomic E-state index is 10.2. The van der Waals surface area contributed by atoms with Gasteiger partial charge >= 0.3 is 5.97 Å². The zero-order chi connectivity index (χ0) is 19.8. The first-order valence-electron chi connectivity index (χ1n) is 9.46. The van der Waals surface area contributed by atoms with Gasteiger partial charge in [0.25, 0.3) is 0 Å². The third-order valence-corrected chi connectivity index (χ3v) is 4.88. The van der Waals surface area contributed by atoms with Crippen LogP contribution < -0.4 is 5.32 Å². The van der Waals surface area contributed by atoms with Crippen LogP contribution in [0.15, 0.2) is 84.9 Å². The molecular weight excluding hydrogens is 350 g/mol. The van der Waals surface area contributed by atoms with Crippen LogP contribution in [0.2, 0.25) is 0 Å². The van der Waals surface area contributed by atoms with Crippen molar-refractivity contribution >= 4 is 5.97 Å². The molecule has 4 nitrogen and oxygen atoms in total. The fourth-order valence-corrected chi connectivity index (χ4v) is 3.38. The summed E-state index contributed by atoms with van der Waals surface area (Å²) in [5.74, 6) is -1.23. The van der Waals surface area contributed by atoms with Crippen LogP contribution in [0, 0.1) is 0 Å². The molecule has 1 aliphatic carbocycles. The van der Waals surface area contributed by atoms with E-state index < -0.39 is 12.1 Å². The molecular formula is C24H25NO3. The van der Waals surface area contributed by atoms with Crippen LogP contribution in [0.25, 0.3) is 0 Å². The van der Waals surface area contributed by atoms with Gasteiger partial charge in [0.1, 0.15) is 0 Å². The van der Waals surface area contributed by atoms with Crippen molar-refractivity contribution in [3.05, 3.63) is 107 Å². The Labute approximate surface area is 165 Å². The number of rotatable bonds is 5. The lowest BCUT2D eigenvalue weighted by Crippen LogP contribution is -2.18. The Morgan fingerprint density at radius 1 is 0.929 bits per heavy atom. The molecule has 4 heteroatoms. The molecule has 0 unspecified atom stereocenters. The van der Waals surface area contributed by atoms with E-state index in [0.717, 1.165) is 6.54 Å². The summed E-state index contributed by atoms with van der Waals surface area (Å²) in [4.78, 5) is 10.2. The average molecular weight is 375 g/mol. The SMILES string of the molecule is O=C(O)[C@@H](O)c1ccccc1.c1ccc(CN[C@@H]2CCc3ccccc32)cc1. The van der Waals surface area contributed by atoms with E-state index in [4.69, 9.17) is 10.2 Å². The van der Waals surface area contributed by atoms with Crippen molar-refractivity contribution < 1.29 is 15.0 Å². The van der Waals surface area contributed by atoms with E-state index in [1.54, 1.807) is 30.3 Å². The van der Waals surface area contributed by atoms with Gasteiger partial charge in [-0.15, -0.1) is 0 Å². The second-order valence-electron chi connectivity index (χ2n) is 6.81. The predicted molar refractivity (Wildman–Crippen MR) is 110 cm³/mol. The van der Waals surface area contributed by atoms with Crippen molar-refractivity contribution in [2.75, 3.05) is 0 Å². The van der Waals surface area contributed by atoms with Crippen LogP contribution in [-0.2, 0) is 17.8 Å². The number of carbonyl (C=O) groups is 1. The molecule has 3 aromatic carbocycles. The summed E-state index contributed by atoms with van der Waals surface area (Å²) < 4.78 is 0. The molecule has 3 aromatic rings. The van der Waals surface area contributed by atoms with Crippen molar-refractivity contribution in [2.24, 2.45) is 0 Å². The number of aliphatic hydroxyl groups is 1. The fraction of sp³-hybridized carbons (Fsp3) is 0.208. The highest BCUT2D eigenvalue weighted by atomic mass is 16.4. The Hall–Kier alpha value is -2.95. The number of hydrogen-bond acceptors (Lipinski definition) is 3. The number of carboxylic acids is 1. The number of aryl methyl sites for hydroxylation is 1. The van der Waals surface area contributed by atoms with Crippen LogP contribution >= 0.6 is 0 Å². The van der Waals surface area contributed by atoms with Gasteiger partial charge < -0.3 is 15.5 Å². The van der Waals surface area contributed by atoms with Crippen molar-refractivity contribution in [3.8, 4) is 0 Å². The van der Waals surface area contributed by atoms with E-state index in [1.165, 1.54) is 29.5 Å². The van der Waals surface area contributed by atoms with E-state index in [2.05, 4.69) is 59.9 Å². The van der Waals surface area contributed by atoms with Crippen LogP contribution in [0.1, 0.15) is 40.8 Å². The number of aliphatic carboxylic acids is 1. The van der Waals surface area contributed by atoms with Gasteiger partial charge in [-0.05, 0) is 35.1 Å². The van der Waals surface area contributed by atoms with Gasteiger partial charge in [0, 0.05) is 12.6 Å². The molecule has 0 aliphatic heterocycles. The highest BCUT2D eigenvalue weighted by Crippen LogP contribution is 2.30. The van der Waals surface area contributed by atoms with Crippen molar-refractivity contribution in [2.45, 2.75) is 31.5 Å². The zero-order valence-corrected chi connectivity index (χ0v) is 15.7. The van der Waals surface area contributed by atoms with E-state index in [-0.39, 0.29) is 0 Å². The fourth-order valence-electron chi connectivity index (χ4n) is 3.38. The summed E-state index contributed by atoms with van der Waals surface area (Å²) in [6.07, 6.45) is 1.03. The Kier molecular flexibility index (Phi) is 6.95. The quantitative estimate of drug-likeness (QED) is 0.623. The molecule has 0 amide bonds. The largest absolute Gasteiger partial charge is 0.479 e. The number of aliphatic hydroxyl groups excluding tert-OH is 1. The van der Waals surface area contributed by atoms with Crippen molar-refractivity contribution in [1.29, 1.82) is 0 Å². The van der Waals surface area contributed by atoms with Gasteiger partial charge in [-0.3, -0.25) is 0 Å². The first-order valence-corrected chi connectivity index (χ1v) is 9.46. The minimum absolute atomic E-state index is 0.403. The second kappa shape index (κ2) is 9.83. The standard InChI is InChI=1S/C16H17N.C8H8O3/c1-2-6-13(7-3-1)12-17-16-11-10-14-8-4-5-9-15(14)16;9-7(8(10)11)6-4-2-1-3-5-6/h1-9,16-17H,10-12H2;1-5,7,9H,(H,10,11)/t16-;7-/m10/s1. The molecule has 0 heterocycles. The predicted octanol–water partition coefficient (Wildman–Crippen LogP) is 4.27. The normalized spacial score (nSPS) is 15.8. The number of nitrogens with one attached hydrogen (secondary N) is 1. The smallest absolute Gasteiger partial charge is 0.337 e.